The summed E-state index contributed by atoms with van der Waals surface area (Å²) in [6, 6.07) is 1.34. The molecule has 0 radical (unpaired) electrons. The molecule has 0 bridgehead atoms. The number of thiophene rings is 1. The van der Waals surface area contributed by atoms with Crippen LogP contribution in [0.2, 0.25) is 0 Å². The minimum Gasteiger partial charge on any atom is -0.391 e. The van der Waals surface area contributed by atoms with Gasteiger partial charge in [0.2, 0.25) is 0 Å². The Morgan fingerprint density at radius 2 is 2.12 bits per heavy atom. The van der Waals surface area contributed by atoms with Gasteiger partial charge in [0.1, 0.15) is 5.82 Å². The summed E-state index contributed by atoms with van der Waals surface area (Å²) in [4.78, 5) is 6.64. The third-order valence-electron chi connectivity index (χ3n) is 4.78. The molecule has 0 amide bonds. The average Bonchev–Trinajstić information content (AvgIpc) is 3.06. The lowest BCUT2D eigenvalue weighted by molar-refractivity contribution is -0.126. The molecular formula is C17H22F3N3OS. The van der Waals surface area contributed by atoms with E-state index in [-0.39, 0.29) is 17.0 Å². The molecule has 3 atom stereocenters. The van der Waals surface area contributed by atoms with Crippen molar-refractivity contribution in [2.45, 2.75) is 57.0 Å². The van der Waals surface area contributed by atoms with Crippen LogP contribution in [0.3, 0.4) is 0 Å². The van der Waals surface area contributed by atoms with Crippen molar-refractivity contribution in [3.8, 4) is 0 Å². The molecule has 2 heterocycles. The molecule has 1 aliphatic rings. The Kier molecular flexibility index (Phi) is 4.96. The summed E-state index contributed by atoms with van der Waals surface area (Å²) in [5.41, 5.74) is 6.87. The van der Waals surface area contributed by atoms with Crippen LogP contribution in [0, 0.1) is 0 Å². The number of hydrogen-bond donors (Lipinski definition) is 2. The SMILES string of the molecule is CCc1cnc(N(C)[C@H]2C[C@@H](N)C[C@@H]2O)c2cc(CC(F)(F)F)sc12. The van der Waals surface area contributed by atoms with Gasteiger partial charge in [0.15, 0.2) is 0 Å². The maximum atomic E-state index is 12.8. The molecule has 1 fully saturated rings. The molecular weight excluding hydrogens is 351 g/mol. The second kappa shape index (κ2) is 6.74. The molecule has 0 aliphatic heterocycles. The van der Waals surface area contributed by atoms with Crippen molar-refractivity contribution in [2.24, 2.45) is 5.73 Å². The minimum absolute atomic E-state index is 0.0730. The molecule has 8 heteroatoms. The maximum Gasteiger partial charge on any atom is 0.393 e. The van der Waals surface area contributed by atoms with Crippen molar-refractivity contribution in [3.05, 3.63) is 22.7 Å². The zero-order valence-corrected chi connectivity index (χ0v) is 15.0. The normalized spacial score (nSPS) is 24.2. The first-order valence-electron chi connectivity index (χ1n) is 8.33. The number of aryl methyl sites for hydroxylation is 1. The van der Waals surface area contributed by atoms with Crippen molar-refractivity contribution < 1.29 is 18.3 Å². The Bertz CT molecular complexity index is 761. The van der Waals surface area contributed by atoms with Crippen LogP contribution in [0.25, 0.3) is 10.1 Å². The molecule has 2 aromatic rings. The Labute approximate surface area is 148 Å². The van der Waals surface area contributed by atoms with E-state index in [1.807, 2.05) is 18.9 Å². The van der Waals surface area contributed by atoms with Crippen molar-refractivity contribution in [1.82, 2.24) is 4.98 Å². The second-order valence-electron chi connectivity index (χ2n) is 6.69. The summed E-state index contributed by atoms with van der Waals surface area (Å²) in [5, 5.41) is 10.9. The van der Waals surface area contributed by atoms with Crippen molar-refractivity contribution in [1.29, 1.82) is 0 Å². The number of nitrogens with two attached hydrogens (primary N) is 1. The van der Waals surface area contributed by atoms with Gasteiger partial charge in [-0.3, -0.25) is 0 Å². The quantitative estimate of drug-likeness (QED) is 0.864. The number of halogens is 3. The Morgan fingerprint density at radius 3 is 2.68 bits per heavy atom. The topological polar surface area (TPSA) is 62.4 Å². The maximum absolute atomic E-state index is 12.8. The van der Waals surface area contributed by atoms with Crippen LogP contribution in [0.4, 0.5) is 19.0 Å². The summed E-state index contributed by atoms with van der Waals surface area (Å²) < 4.78 is 39.2. The van der Waals surface area contributed by atoms with Gasteiger partial charge in [-0.2, -0.15) is 13.2 Å². The zero-order chi connectivity index (χ0) is 18.4. The van der Waals surface area contributed by atoms with Crippen LogP contribution in [-0.2, 0) is 12.8 Å². The van der Waals surface area contributed by atoms with Crippen LogP contribution >= 0.6 is 11.3 Å². The summed E-state index contributed by atoms with van der Waals surface area (Å²) >= 11 is 1.18. The molecule has 0 spiro atoms. The number of pyridine rings is 1. The number of nitrogens with zero attached hydrogens (tertiary/aromatic N) is 2. The first-order chi connectivity index (χ1) is 11.7. The minimum atomic E-state index is -4.23. The van der Waals surface area contributed by atoms with Crippen LogP contribution < -0.4 is 10.6 Å². The predicted molar refractivity (Wildman–Crippen MR) is 94.2 cm³/mol. The second-order valence-corrected chi connectivity index (χ2v) is 7.82. The zero-order valence-electron chi connectivity index (χ0n) is 14.2. The highest BCUT2D eigenvalue weighted by molar-refractivity contribution is 7.19. The summed E-state index contributed by atoms with van der Waals surface area (Å²) in [6.45, 7) is 1.96. The lowest BCUT2D eigenvalue weighted by Gasteiger charge is -2.29. The van der Waals surface area contributed by atoms with E-state index in [0.29, 0.717) is 25.1 Å². The Morgan fingerprint density at radius 1 is 1.40 bits per heavy atom. The molecule has 0 saturated heterocycles. The van der Waals surface area contributed by atoms with Crippen LogP contribution in [0.1, 0.15) is 30.2 Å². The van der Waals surface area contributed by atoms with Gasteiger partial charge in [-0.15, -0.1) is 11.3 Å². The van der Waals surface area contributed by atoms with Gasteiger partial charge in [0.25, 0.3) is 0 Å². The molecule has 3 N–H and O–H groups in total. The fraction of sp³-hybridized carbons (Fsp3) is 0.588. The third-order valence-corrected chi connectivity index (χ3v) is 5.99. The van der Waals surface area contributed by atoms with Crippen molar-refractivity contribution in [2.75, 3.05) is 11.9 Å². The predicted octanol–water partition coefficient (Wildman–Crippen LogP) is 3.25. The number of anilines is 1. The molecule has 3 rings (SSSR count). The fourth-order valence-corrected chi connectivity index (χ4v) is 4.80. The van der Waals surface area contributed by atoms with Gasteiger partial charge in [0, 0.05) is 34.2 Å². The Balaban J connectivity index is 2.03. The van der Waals surface area contributed by atoms with E-state index < -0.39 is 18.7 Å². The standard InChI is InChI=1S/C17H22F3N3OS/c1-3-9-8-22-16(23(2)13-4-10(21)5-14(13)24)12-6-11(25-15(9)12)7-17(18,19)20/h6,8,10,13-14,24H,3-5,7,21H2,1-2H3/t10-,13+,14+/m1/s1. The van der Waals surface area contributed by atoms with E-state index in [1.54, 1.807) is 12.3 Å². The summed E-state index contributed by atoms with van der Waals surface area (Å²) in [6.07, 6.45) is -2.14. The molecule has 2 aromatic heterocycles. The number of likely N-dealkylation sites (N-methyl/N-ethyl adjacent to an activating group) is 1. The van der Waals surface area contributed by atoms with E-state index in [9.17, 15) is 18.3 Å². The monoisotopic (exact) mass is 373 g/mol. The lowest BCUT2D eigenvalue weighted by atomic mass is 10.1. The van der Waals surface area contributed by atoms with Gasteiger partial charge in [-0.25, -0.2) is 4.98 Å². The average molecular weight is 373 g/mol. The first kappa shape index (κ1) is 18.4. The summed E-state index contributed by atoms with van der Waals surface area (Å²) in [7, 11) is 1.82. The smallest absolute Gasteiger partial charge is 0.391 e. The molecule has 1 aliphatic carbocycles. The highest BCUT2D eigenvalue weighted by Crippen LogP contribution is 2.38. The first-order valence-corrected chi connectivity index (χ1v) is 9.14. The largest absolute Gasteiger partial charge is 0.393 e. The lowest BCUT2D eigenvalue weighted by Crippen LogP contribution is -2.38. The van der Waals surface area contributed by atoms with Gasteiger partial charge >= 0.3 is 6.18 Å². The van der Waals surface area contributed by atoms with Crippen molar-refractivity contribution >= 4 is 27.2 Å². The van der Waals surface area contributed by atoms with E-state index in [0.717, 1.165) is 15.6 Å². The van der Waals surface area contributed by atoms with E-state index in [4.69, 9.17) is 5.73 Å². The van der Waals surface area contributed by atoms with Gasteiger partial charge in [0.05, 0.1) is 18.6 Å². The van der Waals surface area contributed by atoms with Gasteiger partial charge in [-0.1, -0.05) is 6.92 Å². The molecule has 138 valence electrons. The highest BCUT2D eigenvalue weighted by Gasteiger charge is 2.35. The summed E-state index contributed by atoms with van der Waals surface area (Å²) in [5.74, 6) is 0.607. The van der Waals surface area contributed by atoms with Gasteiger partial charge < -0.3 is 15.7 Å². The number of rotatable bonds is 4. The van der Waals surface area contributed by atoms with Crippen LogP contribution in [0.15, 0.2) is 12.3 Å². The number of aromatic nitrogens is 1. The van der Waals surface area contributed by atoms with Crippen molar-refractivity contribution in [3.63, 3.8) is 0 Å². The number of alkyl halides is 3. The number of fused-ring (bicyclic) bond motifs is 1. The molecule has 1 saturated carbocycles. The number of aliphatic hydroxyl groups excluding tert-OH is 1. The van der Waals surface area contributed by atoms with E-state index in [1.165, 1.54) is 11.3 Å². The fourth-order valence-electron chi connectivity index (χ4n) is 3.54. The number of aliphatic hydroxyl groups is 1. The van der Waals surface area contributed by atoms with Gasteiger partial charge in [-0.05, 0) is 30.9 Å². The highest BCUT2D eigenvalue weighted by atomic mass is 32.1. The molecule has 4 nitrogen and oxygen atoms in total. The Hall–Kier alpha value is -1.38. The molecule has 25 heavy (non-hydrogen) atoms. The van der Waals surface area contributed by atoms with E-state index >= 15 is 0 Å². The molecule has 0 aromatic carbocycles. The van der Waals surface area contributed by atoms with E-state index in [2.05, 4.69) is 4.98 Å². The third kappa shape index (κ3) is 3.75. The molecule has 0 unspecified atom stereocenters. The van der Waals surface area contributed by atoms with Crippen LogP contribution in [0.5, 0.6) is 0 Å². The van der Waals surface area contributed by atoms with Crippen LogP contribution in [-0.4, -0.2) is 41.5 Å². The number of hydrogen-bond acceptors (Lipinski definition) is 5.